The molecule has 20 heavy (non-hydrogen) atoms. The molecule has 112 valence electrons. The predicted molar refractivity (Wildman–Crippen MR) is 82.8 cm³/mol. The Balaban J connectivity index is 2.06. The summed E-state index contributed by atoms with van der Waals surface area (Å²) in [6.07, 6.45) is 0. The summed E-state index contributed by atoms with van der Waals surface area (Å²) in [5.74, 6) is 0.903. The molecule has 1 fully saturated rings. The topological polar surface area (TPSA) is 41.7 Å². The van der Waals surface area contributed by atoms with Crippen molar-refractivity contribution in [2.24, 2.45) is 5.73 Å². The van der Waals surface area contributed by atoms with Crippen molar-refractivity contribution >= 4 is 0 Å². The van der Waals surface area contributed by atoms with Crippen molar-refractivity contribution in [1.82, 2.24) is 9.80 Å². The number of ether oxygens (including phenoxy) is 1. The highest BCUT2D eigenvalue weighted by molar-refractivity contribution is 5.37. The first-order valence-electron chi connectivity index (χ1n) is 7.35. The van der Waals surface area contributed by atoms with Crippen LogP contribution in [0.4, 0.5) is 0 Å². The first kappa shape index (κ1) is 15.3. The molecule has 1 aromatic rings. The van der Waals surface area contributed by atoms with Gasteiger partial charge in [-0.25, -0.2) is 0 Å². The average molecular weight is 277 g/mol. The van der Waals surface area contributed by atoms with Gasteiger partial charge < -0.3 is 10.5 Å². The highest BCUT2D eigenvalue weighted by atomic mass is 16.5. The number of rotatable bonds is 4. The molecular formula is C16H27N3O. The molecule has 2 rings (SSSR count). The quantitative estimate of drug-likeness (QED) is 0.909. The van der Waals surface area contributed by atoms with E-state index in [1.165, 1.54) is 5.56 Å². The van der Waals surface area contributed by atoms with Crippen LogP contribution in [-0.2, 0) is 13.1 Å². The monoisotopic (exact) mass is 277 g/mol. The van der Waals surface area contributed by atoms with Gasteiger partial charge >= 0.3 is 0 Å². The van der Waals surface area contributed by atoms with Crippen LogP contribution in [0.25, 0.3) is 0 Å². The molecule has 4 nitrogen and oxygen atoms in total. The summed E-state index contributed by atoms with van der Waals surface area (Å²) < 4.78 is 5.42. The molecule has 0 saturated carbocycles. The summed E-state index contributed by atoms with van der Waals surface area (Å²) in [4.78, 5) is 4.97. The van der Waals surface area contributed by atoms with Gasteiger partial charge in [-0.3, -0.25) is 9.80 Å². The summed E-state index contributed by atoms with van der Waals surface area (Å²) in [7, 11) is 3.92. The smallest absolute Gasteiger partial charge is 0.123 e. The molecule has 2 atom stereocenters. The number of methoxy groups -OCH3 is 1. The highest BCUT2D eigenvalue weighted by Crippen LogP contribution is 2.22. The second-order valence-electron chi connectivity index (χ2n) is 5.91. The van der Waals surface area contributed by atoms with Gasteiger partial charge in [-0.15, -0.1) is 0 Å². The Morgan fingerprint density at radius 1 is 1.25 bits per heavy atom. The standard InChI is InChI=1S/C16H27N3O/c1-12-9-19(10-13(2)18(12)3)11-14-5-6-15(8-17)16(7-14)20-4/h5-7,12-13H,8-11,17H2,1-4H3. The molecule has 0 spiro atoms. The minimum atomic E-state index is 0.520. The maximum absolute atomic E-state index is 5.72. The van der Waals surface area contributed by atoms with E-state index in [2.05, 4.69) is 48.9 Å². The number of hydrogen-bond acceptors (Lipinski definition) is 4. The molecule has 2 N–H and O–H groups in total. The summed E-state index contributed by atoms with van der Waals surface area (Å²) in [6, 6.07) is 7.57. The fourth-order valence-electron chi connectivity index (χ4n) is 2.96. The molecule has 1 heterocycles. The zero-order valence-corrected chi connectivity index (χ0v) is 13.1. The Morgan fingerprint density at radius 2 is 1.90 bits per heavy atom. The molecule has 0 amide bonds. The van der Waals surface area contributed by atoms with Crippen molar-refractivity contribution in [3.63, 3.8) is 0 Å². The molecule has 2 unspecified atom stereocenters. The molecule has 1 aliphatic rings. The molecule has 0 aromatic heterocycles. The summed E-state index contributed by atoms with van der Waals surface area (Å²) in [5.41, 5.74) is 8.08. The molecule has 0 bridgehead atoms. The first-order chi connectivity index (χ1) is 9.55. The van der Waals surface area contributed by atoms with Crippen LogP contribution in [0.15, 0.2) is 18.2 Å². The van der Waals surface area contributed by atoms with Crippen LogP contribution in [0.2, 0.25) is 0 Å². The van der Waals surface area contributed by atoms with Gasteiger partial charge in [-0.1, -0.05) is 12.1 Å². The van der Waals surface area contributed by atoms with Gasteiger partial charge in [0.05, 0.1) is 7.11 Å². The Labute approximate surface area is 122 Å². The Kier molecular flexibility index (Phi) is 5.02. The normalized spacial score (nSPS) is 24.9. The SMILES string of the molecule is COc1cc(CN2CC(C)N(C)C(C)C2)ccc1CN. The van der Waals surface area contributed by atoms with E-state index in [-0.39, 0.29) is 0 Å². The number of nitrogens with two attached hydrogens (primary N) is 1. The van der Waals surface area contributed by atoms with E-state index >= 15 is 0 Å². The van der Waals surface area contributed by atoms with Crippen molar-refractivity contribution in [1.29, 1.82) is 0 Å². The van der Waals surface area contributed by atoms with E-state index < -0.39 is 0 Å². The largest absolute Gasteiger partial charge is 0.496 e. The minimum absolute atomic E-state index is 0.520. The third-order valence-electron chi connectivity index (χ3n) is 4.41. The fourth-order valence-corrected chi connectivity index (χ4v) is 2.96. The van der Waals surface area contributed by atoms with Gasteiger partial charge in [0.1, 0.15) is 5.75 Å². The fraction of sp³-hybridized carbons (Fsp3) is 0.625. The zero-order valence-electron chi connectivity index (χ0n) is 13.1. The minimum Gasteiger partial charge on any atom is -0.496 e. The van der Waals surface area contributed by atoms with Crippen molar-refractivity contribution in [3.8, 4) is 5.75 Å². The van der Waals surface area contributed by atoms with E-state index in [4.69, 9.17) is 10.5 Å². The van der Waals surface area contributed by atoms with Gasteiger partial charge in [0, 0.05) is 43.8 Å². The summed E-state index contributed by atoms with van der Waals surface area (Å²) in [5, 5.41) is 0. The molecule has 0 radical (unpaired) electrons. The molecule has 1 aliphatic heterocycles. The van der Waals surface area contributed by atoms with Crippen LogP contribution in [0.1, 0.15) is 25.0 Å². The Morgan fingerprint density at radius 3 is 2.45 bits per heavy atom. The highest BCUT2D eigenvalue weighted by Gasteiger charge is 2.26. The van der Waals surface area contributed by atoms with E-state index in [0.717, 1.165) is 30.9 Å². The lowest BCUT2D eigenvalue weighted by Gasteiger charge is -2.42. The lowest BCUT2D eigenvalue weighted by atomic mass is 10.1. The van der Waals surface area contributed by atoms with E-state index in [1.807, 2.05) is 0 Å². The zero-order chi connectivity index (χ0) is 14.7. The maximum Gasteiger partial charge on any atom is 0.123 e. The number of likely N-dealkylation sites (N-methyl/N-ethyl adjacent to an activating group) is 1. The maximum atomic E-state index is 5.72. The Bertz CT molecular complexity index is 437. The van der Waals surface area contributed by atoms with Crippen molar-refractivity contribution in [2.75, 3.05) is 27.2 Å². The van der Waals surface area contributed by atoms with Crippen LogP contribution in [0.5, 0.6) is 5.75 Å². The van der Waals surface area contributed by atoms with Gasteiger partial charge in [-0.05, 0) is 32.5 Å². The van der Waals surface area contributed by atoms with Gasteiger partial charge in [0.2, 0.25) is 0 Å². The average Bonchev–Trinajstić information content (AvgIpc) is 2.44. The predicted octanol–water partition coefficient (Wildman–Crippen LogP) is 1.68. The molecule has 4 heteroatoms. The lowest BCUT2D eigenvalue weighted by Crippen LogP contribution is -2.54. The van der Waals surface area contributed by atoms with E-state index in [9.17, 15) is 0 Å². The van der Waals surface area contributed by atoms with Crippen LogP contribution < -0.4 is 10.5 Å². The lowest BCUT2D eigenvalue weighted by molar-refractivity contribution is 0.0556. The second kappa shape index (κ2) is 6.57. The van der Waals surface area contributed by atoms with Gasteiger partial charge in [-0.2, -0.15) is 0 Å². The second-order valence-corrected chi connectivity index (χ2v) is 5.91. The summed E-state index contributed by atoms with van der Waals surface area (Å²) in [6.45, 7) is 8.31. The molecule has 0 aliphatic carbocycles. The van der Waals surface area contributed by atoms with Crippen molar-refractivity contribution in [3.05, 3.63) is 29.3 Å². The van der Waals surface area contributed by atoms with E-state index in [0.29, 0.717) is 18.6 Å². The van der Waals surface area contributed by atoms with Crippen LogP contribution in [0, 0.1) is 0 Å². The van der Waals surface area contributed by atoms with Crippen molar-refractivity contribution in [2.45, 2.75) is 39.0 Å². The number of nitrogens with zero attached hydrogens (tertiary/aromatic N) is 2. The van der Waals surface area contributed by atoms with Crippen LogP contribution in [-0.4, -0.2) is 49.1 Å². The molecule has 1 aromatic carbocycles. The Hall–Kier alpha value is -1.10. The number of hydrogen-bond donors (Lipinski definition) is 1. The van der Waals surface area contributed by atoms with Crippen LogP contribution in [0.3, 0.4) is 0 Å². The van der Waals surface area contributed by atoms with Crippen molar-refractivity contribution < 1.29 is 4.74 Å². The number of benzene rings is 1. The molecule has 1 saturated heterocycles. The first-order valence-corrected chi connectivity index (χ1v) is 7.35. The number of piperazine rings is 1. The molecular weight excluding hydrogens is 250 g/mol. The van der Waals surface area contributed by atoms with E-state index in [1.54, 1.807) is 7.11 Å². The third-order valence-corrected chi connectivity index (χ3v) is 4.41. The van der Waals surface area contributed by atoms with Gasteiger partial charge in [0.15, 0.2) is 0 Å². The van der Waals surface area contributed by atoms with Gasteiger partial charge in [0.25, 0.3) is 0 Å². The van der Waals surface area contributed by atoms with Crippen LogP contribution >= 0.6 is 0 Å². The third kappa shape index (κ3) is 3.32. The summed E-state index contributed by atoms with van der Waals surface area (Å²) >= 11 is 0.